The summed E-state index contributed by atoms with van der Waals surface area (Å²) in [6.07, 6.45) is 4.56. The Morgan fingerprint density at radius 2 is 1.65 bits per heavy atom. The summed E-state index contributed by atoms with van der Waals surface area (Å²) in [4.78, 5) is 27.3. The van der Waals surface area contributed by atoms with E-state index in [0.717, 1.165) is 4.57 Å². The summed E-state index contributed by atoms with van der Waals surface area (Å²) in [5, 5.41) is 0. The van der Waals surface area contributed by atoms with E-state index in [-0.39, 0.29) is 0 Å². The van der Waals surface area contributed by atoms with E-state index in [1.165, 1.54) is 43.3 Å². The summed E-state index contributed by atoms with van der Waals surface area (Å²) in [5.74, 6) is 0.847. The predicted molar refractivity (Wildman–Crippen MR) is 134 cm³/mol. The highest BCUT2D eigenvalue weighted by Crippen LogP contribution is 2.38. The second kappa shape index (κ2) is 10.0. The minimum Gasteiger partial charge on any atom is -0.493 e. The van der Waals surface area contributed by atoms with Gasteiger partial charge in [-0.1, -0.05) is 29.8 Å². The van der Waals surface area contributed by atoms with Gasteiger partial charge in [0.25, 0.3) is 5.91 Å². The summed E-state index contributed by atoms with van der Waals surface area (Å²) >= 11 is 7.41. The average Bonchev–Trinajstić information content (AvgIpc) is 3.45. The summed E-state index contributed by atoms with van der Waals surface area (Å²) in [7, 11) is 4.54. The number of ether oxygens (including phenoxy) is 3. The third kappa shape index (κ3) is 4.50. The number of imidazole rings is 1. The summed E-state index contributed by atoms with van der Waals surface area (Å²) < 4.78 is 19.2. The van der Waals surface area contributed by atoms with Gasteiger partial charge in [-0.25, -0.2) is 9.36 Å². The first-order chi connectivity index (χ1) is 16.5. The van der Waals surface area contributed by atoms with Crippen LogP contribution in [0.15, 0.2) is 71.7 Å². The molecule has 4 rings (SSSR count). The van der Waals surface area contributed by atoms with Crippen LogP contribution >= 0.6 is 22.9 Å². The number of thiophene rings is 1. The van der Waals surface area contributed by atoms with Crippen molar-refractivity contribution in [3.8, 4) is 33.5 Å². The van der Waals surface area contributed by atoms with Crippen LogP contribution < -0.4 is 19.9 Å². The molecule has 34 heavy (non-hydrogen) atoms. The highest BCUT2D eigenvalue weighted by Gasteiger charge is 2.20. The van der Waals surface area contributed by atoms with Gasteiger partial charge in [-0.3, -0.25) is 9.36 Å². The van der Waals surface area contributed by atoms with Crippen molar-refractivity contribution in [1.29, 1.82) is 0 Å². The Hall–Kier alpha value is -3.75. The standard InChI is InChI=1S/C25H21ClN2O5S/c1-31-19-13-16(14-20(32-2)24(19)33-3)9-12-23(29)28-18(21-10-11-22(26)34-21)15-27(25(28)30)17-7-5-4-6-8-17/h4-15H,1-3H3/b12-9+. The molecule has 0 saturated heterocycles. The van der Waals surface area contributed by atoms with Crippen LogP contribution in [0.25, 0.3) is 22.3 Å². The number of carbonyl (C=O) groups excluding carboxylic acids is 1. The second-order valence-electron chi connectivity index (χ2n) is 7.07. The zero-order valence-corrected chi connectivity index (χ0v) is 20.2. The number of allylic oxidation sites excluding steroid dienone is 1. The molecule has 4 aromatic rings. The van der Waals surface area contributed by atoms with E-state index in [4.69, 9.17) is 25.8 Å². The molecule has 0 unspecified atom stereocenters. The number of hydrogen-bond acceptors (Lipinski definition) is 6. The smallest absolute Gasteiger partial charge is 0.340 e. The zero-order valence-electron chi connectivity index (χ0n) is 18.7. The first-order valence-corrected chi connectivity index (χ1v) is 11.3. The molecule has 0 saturated carbocycles. The van der Waals surface area contributed by atoms with E-state index in [1.807, 2.05) is 18.2 Å². The maximum Gasteiger partial charge on any atom is 0.340 e. The van der Waals surface area contributed by atoms with E-state index in [1.54, 1.807) is 48.7 Å². The van der Waals surface area contributed by atoms with Gasteiger partial charge >= 0.3 is 5.69 Å². The van der Waals surface area contributed by atoms with Gasteiger partial charge in [-0.05, 0) is 48.0 Å². The number of rotatable bonds is 7. The Morgan fingerprint density at radius 1 is 0.971 bits per heavy atom. The molecule has 2 heterocycles. The van der Waals surface area contributed by atoms with Gasteiger partial charge in [0.1, 0.15) is 0 Å². The Bertz CT molecular complexity index is 1390. The van der Waals surface area contributed by atoms with Crippen molar-refractivity contribution in [1.82, 2.24) is 9.13 Å². The van der Waals surface area contributed by atoms with Gasteiger partial charge in [0, 0.05) is 12.3 Å². The maximum absolute atomic E-state index is 13.3. The largest absolute Gasteiger partial charge is 0.493 e. The van der Waals surface area contributed by atoms with Crippen molar-refractivity contribution in [2.75, 3.05) is 21.3 Å². The normalized spacial score (nSPS) is 11.1. The molecule has 174 valence electrons. The molecule has 2 aromatic carbocycles. The number of nitrogens with zero attached hydrogens (tertiary/aromatic N) is 2. The molecule has 0 fully saturated rings. The highest BCUT2D eigenvalue weighted by atomic mass is 35.5. The van der Waals surface area contributed by atoms with Gasteiger partial charge in [0.2, 0.25) is 5.75 Å². The van der Waals surface area contributed by atoms with E-state index in [0.29, 0.717) is 43.4 Å². The van der Waals surface area contributed by atoms with E-state index < -0.39 is 11.6 Å². The fraction of sp³-hybridized carbons (Fsp3) is 0.120. The number of aromatic nitrogens is 2. The molecule has 0 amide bonds. The van der Waals surface area contributed by atoms with Crippen molar-refractivity contribution in [2.45, 2.75) is 0 Å². The minimum absolute atomic E-state index is 0.446. The lowest BCUT2D eigenvalue weighted by Gasteiger charge is -2.12. The predicted octanol–water partition coefficient (Wildman–Crippen LogP) is 5.40. The van der Waals surface area contributed by atoms with E-state index in [2.05, 4.69) is 0 Å². The molecule has 0 bridgehead atoms. The van der Waals surface area contributed by atoms with Crippen LogP contribution in [-0.4, -0.2) is 36.4 Å². The van der Waals surface area contributed by atoms with Crippen LogP contribution in [0.3, 0.4) is 0 Å². The number of benzene rings is 2. The lowest BCUT2D eigenvalue weighted by molar-refractivity contribution is 0.0967. The summed E-state index contributed by atoms with van der Waals surface area (Å²) in [6, 6.07) is 16.0. The van der Waals surface area contributed by atoms with Crippen LogP contribution in [0.4, 0.5) is 0 Å². The maximum atomic E-state index is 13.3. The van der Waals surface area contributed by atoms with Crippen LogP contribution in [0.2, 0.25) is 4.34 Å². The van der Waals surface area contributed by atoms with Gasteiger partial charge in [-0.15, -0.1) is 11.3 Å². The molecule has 2 aromatic heterocycles. The minimum atomic E-state index is -0.507. The molecule has 0 atom stereocenters. The molecule has 0 radical (unpaired) electrons. The number of para-hydroxylation sites is 1. The molecule has 0 spiro atoms. The molecule has 0 aliphatic rings. The topological polar surface area (TPSA) is 71.7 Å². The van der Waals surface area contributed by atoms with Crippen LogP contribution in [0, 0.1) is 0 Å². The number of hydrogen-bond donors (Lipinski definition) is 0. The fourth-order valence-electron chi connectivity index (χ4n) is 3.50. The van der Waals surface area contributed by atoms with Gasteiger partial charge in [-0.2, -0.15) is 0 Å². The van der Waals surface area contributed by atoms with Crippen LogP contribution in [0.1, 0.15) is 10.4 Å². The molecular weight excluding hydrogens is 476 g/mol. The molecule has 0 N–H and O–H groups in total. The first kappa shape index (κ1) is 23.4. The third-order valence-corrected chi connectivity index (χ3v) is 6.33. The van der Waals surface area contributed by atoms with E-state index in [9.17, 15) is 9.59 Å². The zero-order chi connectivity index (χ0) is 24.2. The SMILES string of the molecule is COc1cc(/C=C/C(=O)n2c(-c3ccc(Cl)s3)cn(-c3ccccc3)c2=O)cc(OC)c1OC. The highest BCUT2D eigenvalue weighted by molar-refractivity contribution is 7.19. The first-order valence-electron chi connectivity index (χ1n) is 10.1. The third-order valence-electron chi connectivity index (χ3n) is 5.08. The van der Waals surface area contributed by atoms with Crippen LogP contribution in [0.5, 0.6) is 17.2 Å². The number of halogens is 1. The van der Waals surface area contributed by atoms with Crippen molar-refractivity contribution in [3.05, 3.63) is 87.3 Å². The summed E-state index contributed by atoms with van der Waals surface area (Å²) in [6.45, 7) is 0. The van der Waals surface area contributed by atoms with E-state index >= 15 is 0 Å². The lowest BCUT2D eigenvalue weighted by Crippen LogP contribution is -2.27. The Labute approximate surface area is 205 Å². The Kier molecular flexibility index (Phi) is 6.90. The Morgan fingerprint density at radius 3 is 2.21 bits per heavy atom. The molecule has 7 nitrogen and oxygen atoms in total. The van der Waals surface area contributed by atoms with Gasteiger partial charge in [0.15, 0.2) is 11.5 Å². The van der Waals surface area contributed by atoms with Crippen molar-refractivity contribution < 1.29 is 19.0 Å². The van der Waals surface area contributed by atoms with Gasteiger partial charge in [0.05, 0.1) is 41.9 Å². The molecular formula is C25H21ClN2O5S. The van der Waals surface area contributed by atoms with Crippen molar-refractivity contribution >= 4 is 34.9 Å². The van der Waals surface area contributed by atoms with Crippen molar-refractivity contribution in [3.63, 3.8) is 0 Å². The Balaban J connectivity index is 1.78. The van der Waals surface area contributed by atoms with Gasteiger partial charge < -0.3 is 14.2 Å². The average molecular weight is 497 g/mol. The molecule has 9 heteroatoms. The van der Waals surface area contributed by atoms with Crippen molar-refractivity contribution in [2.24, 2.45) is 0 Å². The monoisotopic (exact) mass is 496 g/mol. The number of carbonyl (C=O) groups is 1. The quantitative estimate of drug-likeness (QED) is 0.320. The fourth-order valence-corrected chi connectivity index (χ4v) is 4.54. The summed E-state index contributed by atoms with van der Waals surface area (Å²) in [5.41, 5.74) is 1.26. The molecule has 0 aliphatic carbocycles. The van der Waals surface area contributed by atoms with Crippen LogP contribution in [-0.2, 0) is 0 Å². The lowest BCUT2D eigenvalue weighted by atomic mass is 10.1. The molecule has 0 aliphatic heterocycles. The second-order valence-corrected chi connectivity index (χ2v) is 8.79. The number of methoxy groups -OCH3 is 3.